The smallest absolute Gasteiger partial charge is 0.264 e. The molecule has 0 saturated carbocycles. The molecule has 0 aliphatic carbocycles. The maximum atomic E-state index is 13.0. The molecule has 0 spiro atoms. The molecule has 6 heteroatoms. The summed E-state index contributed by atoms with van der Waals surface area (Å²) >= 11 is 7.60. The van der Waals surface area contributed by atoms with Crippen molar-refractivity contribution in [2.24, 2.45) is 0 Å². The van der Waals surface area contributed by atoms with Crippen LogP contribution in [0.2, 0.25) is 5.02 Å². The van der Waals surface area contributed by atoms with E-state index < -0.39 is 0 Å². The first-order valence-electron chi connectivity index (χ1n) is 10.9. The van der Waals surface area contributed by atoms with E-state index in [1.807, 2.05) is 34.5 Å². The number of aryl methyl sites for hydroxylation is 2. The highest BCUT2D eigenvalue weighted by atomic mass is 35.5. The first kappa shape index (κ1) is 22.8. The molecule has 1 fully saturated rings. The number of carbonyl (C=O) groups excluding carboxylic acids is 1. The van der Waals surface area contributed by atoms with Gasteiger partial charge in [0.05, 0.1) is 4.88 Å². The molecule has 2 aromatic carbocycles. The summed E-state index contributed by atoms with van der Waals surface area (Å²) in [4.78, 5) is 18.1. The highest BCUT2D eigenvalue weighted by Crippen LogP contribution is 2.25. The minimum absolute atomic E-state index is 0.117. The van der Waals surface area contributed by atoms with Gasteiger partial charge in [0.15, 0.2) is 0 Å². The van der Waals surface area contributed by atoms with Gasteiger partial charge in [-0.1, -0.05) is 29.8 Å². The van der Waals surface area contributed by atoms with Crippen LogP contribution < -0.4 is 4.74 Å². The first-order valence-corrected chi connectivity index (χ1v) is 12.2. The molecule has 2 heterocycles. The molecular weight excluding hydrogens is 440 g/mol. The maximum absolute atomic E-state index is 13.0. The zero-order valence-electron chi connectivity index (χ0n) is 18.9. The van der Waals surface area contributed by atoms with Crippen molar-refractivity contribution in [3.05, 3.63) is 85.6 Å². The van der Waals surface area contributed by atoms with E-state index in [2.05, 4.69) is 43.9 Å². The summed E-state index contributed by atoms with van der Waals surface area (Å²) in [6, 6.07) is 14.2. The minimum atomic E-state index is 0.117. The number of carbonyl (C=O) groups is 1. The van der Waals surface area contributed by atoms with Gasteiger partial charge >= 0.3 is 0 Å². The van der Waals surface area contributed by atoms with Crippen LogP contribution >= 0.6 is 22.9 Å². The fourth-order valence-corrected chi connectivity index (χ4v) is 5.11. The number of hydrogen-bond acceptors (Lipinski definition) is 4. The molecule has 0 radical (unpaired) electrons. The third-order valence-corrected chi connectivity index (χ3v) is 7.18. The fraction of sp³-hybridized carbons (Fsp3) is 0.346. The van der Waals surface area contributed by atoms with Crippen molar-refractivity contribution >= 4 is 28.8 Å². The van der Waals surface area contributed by atoms with Gasteiger partial charge < -0.3 is 9.64 Å². The van der Waals surface area contributed by atoms with Gasteiger partial charge in [-0.15, -0.1) is 11.3 Å². The number of ether oxygens (including phenoxy) is 1. The van der Waals surface area contributed by atoms with Crippen LogP contribution in [0.4, 0.5) is 0 Å². The second kappa shape index (κ2) is 10.1. The predicted molar refractivity (Wildman–Crippen MR) is 132 cm³/mol. The van der Waals surface area contributed by atoms with Gasteiger partial charge in [0.1, 0.15) is 12.4 Å². The zero-order chi connectivity index (χ0) is 22.7. The number of hydrogen-bond donors (Lipinski definition) is 0. The third kappa shape index (κ3) is 5.52. The van der Waals surface area contributed by atoms with Crippen molar-refractivity contribution in [2.75, 3.05) is 26.2 Å². The molecule has 1 saturated heterocycles. The number of piperazine rings is 1. The van der Waals surface area contributed by atoms with Crippen LogP contribution in [-0.2, 0) is 13.2 Å². The molecule has 1 aliphatic heterocycles. The van der Waals surface area contributed by atoms with Gasteiger partial charge in [-0.05, 0) is 72.7 Å². The Hall–Kier alpha value is -2.34. The SMILES string of the molecule is Cc1cc(C)c(C)c(OCc2csc(C(=O)N3CCN(Cc4cccc(Cl)c4)CC3)c2)c1. The van der Waals surface area contributed by atoms with Crippen LogP contribution in [0.25, 0.3) is 0 Å². The van der Waals surface area contributed by atoms with E-state index in [1.165, 1.54) is 28.0 Å². The Balaban J connectivity index is 1.30. The molecular formula is C26H29ClN2O2S. The quantitative estimate of drug-likeness (QED) is 0.454. The van der Waals surface area contributed by atoms with Crippen LogP contribution in [0.1, 0.15) is 37.5 Å². The lowest BCUT2D eigenvalue weighted by Gasteiger charge is -2.34. The van der Waals surface area contributed by atoms with Gasteiger partial charge in [-0.2, -0.15) is 0 Å². The lowest BCUT2D eigenvalue weighted by atomic mass is 10.1. The lowest BCUT2D eigenvalue weighted by molar-refractivity contribution is 0.0633. The monoisotopic (exact) mass is 468 g/mol. The van der Waals surface area contributed by atoms with E-state index in [0.29, 0.717) is 6.61 Å². The van der Waals surface area contributed by atoms with E-state index in [4.69, 9.17) is 16.3 Å². The summed E-state index contributed by atoms with van der Waals surface area (Å²) in [5, 5.41) is 2.79. The van der Waals surface area contributed by atoms with E-state index in [9.17, 15) is 4.79 Å². The second-order valence-electron chi connectivity index (χ2n) is 8.51. The van der Waals surface area contributed by atoms with Crippen molar-refractivity contribution in [1.82, 2.24) is 9.80 Å². The molecule has 0 atom stereocenters. The third-order valence-electron chi connectivity index (χ3n) is 5.98. The van der Waals surface area contributed by atoms with E-state index in [-0.39, 0.29) is 5.91 Å². The number of nitrogens with zero attached hydrogens (tertiary/aromatic N) is 2. The topological polar surface area (TPSA) is 32.8 Å². The predicted octanol–water partition coefficient (Wildman–Crippen LogP) is 5.86. The standard InChI is InChI=1S/C26H29ClN2O2S/c1-18-11-19(2)20(3)24(12-18)31-16-22-14-25(32-17-22)26(30)29-9-7-28(8-10-29)15-21-5-4-6-23(27)13-21/h4-6,11-14,17H,7-10,15-16H2,1-3H3. The van der Waals surface area contributed by atoms with Crippen LogP contribution in [-0.4, -0.2) is 41.9 Å². The zero-order valence-corrected chi connectivity index (χ0v) is 20.4. The fourth-order valence-electron chi connectivity index (χ4n) is 4.03. The summed E-state index contributed by atoms with van der Waals surface area (Å²) < 4.78 is 6.07. The summed E-state index contributed by atoms with van der Waals surface area (Å²) in [7, 11) is 0. The molecule has 1 amide bonds. The Morgan fingerprint density at radius 2 is 1.81 bits per heavy atom. The van der Waals surface area contributed by atoms with Crippen molar-refractivity contribution < 1.29 is 9.53 Å². The minimum Gasteiger partial charge on any atom is -0.489 e. The Kier molecular flexibility index (Phi) is 7.19. The van der Waals surface area contributed by atoms with Gasteiger partial charge in [0.2, 0.25) is 0 Å². The summed E-state index contributed by atoms with van der Waals surface area (Å²) in [5.74, 6) is 1.03. The molecule has 4 nitrogen and oxygen atoms in total. The largest absolute Gasteiger partial charge is 0.489 e. The van der Waals surface area contributed by atoms with E-state index in [1.54, 1.807) is 0 Å². The number of amides is 1. The van der Waals surface area contributed by atoms with Crippen LogP contribution in [0, 0.1) is 20.8 Å². The normalized spacial score (nSPS) is 14.6. The highest BCUT2D eigenvalue weighted by molar-refractivity contribution is 7.12. The molecule has 0 bridgehead atoms. The van der Waals surface area contributed by atoms with Crippen molar-refractivity contribution in [1.29, 1.82) is 0 Å². The van der Waals surface area contributed by atoms with Gasteiger partial charge in [-0.3, -0.25) is 9.69 Å². The molecule has 3 aromatic rings. The van der Waals surface area contributed by atoms with E-state index >= 15 is 0 Å². The van der Waals surface area contributed by atoms with Crippen LogP contribution in [0.5, 0.6) is 5.75 Å². The van der Waals surface area contributed by atoms with Crippen molar-refractivity contribution in [3.8, 4) is 5.75 Å². The average molecular weight is 469 g/mol. The number of benzene rings is 2. The van der Waals surface area contributed by atoms with Crippen LogP contribution in [0.15, 0.2) is 47.8 Å². The summed E-state index contributed by atoms with van der Waals surface area (Å²) in [5.41, 5.74) is 5.84. The molecule has 32 heavy (non-hydrogen) atoms. The van der Waals surface area contributed by atoms with Gasteiger partial charge in [0.25, 0.3) is 5.91 Å². The second-order valence-corrected chi connectivity index (χ2v) is 9.86. The molecule has 168 valence electrons. The lowest BCUT2D eigenvalue weighted by Crippen LogP contribution is -2.48. The Morgan fingerprint density at radius 3 is 2.56 bits per heavy atom. The Morgan fingerprint density at radius 1 is 1.03 bits per heavy atom. The molecule has 0 N–H and O–H groups in total. The molecule has 0 unspecified atom stereocenters. The number of rotatable bonds is 6. The summed E-state index contributed by atoms with van der Waals surface area (Å²) in [6.45, 7) is 10.8. The maximum Gasteiger partial charge on any atom is 0.264 e. The Bertz CT molecular complexity index is 1100. The van der Waals surface area contributed by atoms with E-state index in [0.717, 1.165) is 59.5 Å². The van der Waals surface area contributed by atoms with Crippen LogP contribution in [0.3, 0.4) is 0 Å². The van der Waals surface area contributed by atoms with Crippen molar-refractivity contribution in [3.63, 3.8) is 0 Å². The summed E-state index contributed by atoms with van der Waals surface area (Å²) in [6.07, 6.45) is 0. The molecule has 1 aliphatic rings. The van der Waals surface area contributed by atoms with Crippen molar-refractivity contribution in [2.45, 2.75) is 33.9 Å². The van der Waals surface area contributed by atoms with Gasteiger partial charge in [-0.25, -0.2) is 0 Å². The molecule has 4 rings (SSSR count). The molecule has 1 aromatic heterocycles. The van der Waals surface area contributed by atoms with Gasteiger partial charge in [0, 0.05) is 43.3 Å². The highest BCUT2D eigenvalue weighted by Gasteiger charge is 2.23. The Labute approximate surface area is 199 Å². The number of thiophene rings is 1. The average Bonchev–Trinajstić information content (AvgIpc) is 3.24. The first-order chi connectivity index (χ1) is 15.4. The number of halogens is 1.